The van der Waals surface area contributed by atoms with Crippen LogP contribution in [0.5, 0.6) is 0 Å². The Hall–Kier alpha value is -4.53. The van der Waals surface area contributed by atoms with Crippen LogP contribution in [-0.2, 0) is 4.79 Å². The maximum atomic E-state index is 13.3. The van der Waals surface area contributed by atoms with E-state index in [1.54, 1.807) is 42.5 Å². The topological polar surface area (TPSA) is 119 Å². The number of halogens is 1. The van der Waals surface area contributed by atoms with E-state index >= 15 is 0 Å². The number of primary amides is 1. The molecule has 0 fully saturated rings. The first-order valence-corrected chi connectivity index (χ1v) is 10.0. The van der Waals surface area contributed by atoms with Gasteiger partial charge in [-0.25, -0.2) is 9.37 Å². The van der Waals surface area contributed by atoms with Gasteiger partial charge in [-0.2, -0.15) is 0 Å². The van der Waals surface area contributed by atoms with E-state index in [2.05, 4.69) is 15.6 Å². The van der Waals surface area contributed by atoms with E-state index in [0.29, 0.717) is 33.7 Å². The molecule has 0 radical (unpaired) electrons. The Labute approximate surface area is 188 Å². The highest BCUT2D eigenvalue weighted by atomic mass is 19.1. The molecule has 4 N–H and O–H groups in total. The predicted octanol–water partition coefficient (Wildman–Crippen LogP) is 2.94. The van der Waals surface area contributed by atoms with Gasteiger partial charge in [-0.15, -0.1) is 0 Å². The minimum Gasteiger partial charge on any atom is -0.368 e. The molecule has 0 unspecified atom stereocenters. The number of hydrogen-bond donors (Lipinski definition) is 3. The van der Waals surface area contributed by atoms with E-state index in [0.717, 1.165) is 5.69 Å². The maximum Gasteiger partial charge on any atom is 0.255 e. The van der Waals surface area contributed by atoms with Crippen molar-refractivity contribution in [3.8, 4) is 5.69 Å². The molecule has 0 spiro atoms. The van der Waals surface area contributed by atoms with Crippen LogP contribution in [-0.4, -0.2) is 33.8 Å². The minimum atomic E-state index is -0.639. The second-order valence-corrected chi connectivity index (χ2v) is 7.35. The molecule has 1 heterocycles. The van der Waals surface area contributed by atoms with Gasteiger partial charge in [0.25, 0.3) is 11.8 Å². The first-order chi connectivity index (χ1) is 15.8. The quantitative estimate of drug-likeness (QED) is 0.423. The monoisotopic (exact) mass is 445 g/mol. The molecule has 9 heteroatoms. The molecule has 0 aliphatic carbocycles. The summed E-state index contributed by atoms with van der Waals surface area (Å²) in [5, 5.41) is 5.18. The Kier molecular flexibility index (Phi) is 5.86. The summed E-state index contributed by atoms with van der Waals surface area (Å²) in [6, 6.07) is 17.4. The zero-order valence-electron chi connectivity index (χ0n) is 17.6. The number of amides is 3. The number of nitrogens with two attached hydrogens (primary N) is 1. The zero-order valence-corrected chi connectivity index (χ0v) is 17.6. The summed E-state index contributed by atoms with van der Waals surface area (Å²) < 4.78 is 15.2. The van der Waals surface area contributed by atoms with E-state index < -0.39 is 11.8 Å². The second-order valence-electron chi connectivity index (χ2n) is 7.35. The summed E-state index contributed by atoms with van der Waals surface area (Å²) >= 11 is 0. The van der Waals surface area contributed by atoms with Crippen molar-refractivity contribution in [2.24, 2.45) is 5.73 Å². The molecule has 0 atom stereocenters. The van der Waals surface area contributed by atoms with E-state index in [9.17, 15) is 18.8 Å². The Morgan fingerprint density at radius 2 is 1.61 bits per heavy atom. The summed E-state index contributed by atoms with van der Waals surface area (Å²) in [6.07, 6.45) is 0. The third-order valence-electron chi connectivity index (χ3n) is 5.00. The Bertz CT molecular complexity index is 1360. The molecule has 0 aliphatic heterocycles. The first kappa shape index (κ1) is 21.7. The third-order valence-corrected chi connectivity index (χ3v) is 5.00. The van der Waals surface area contributed by atoms with Gasteiger partial charge >= 0.3 is 0 Å². The number of rotatable bonds is 6. The number of imidazole rings is 1. The molecule has 0 saturated carbocycles. The second kappa shape index (κ2) is 8.91. The molecule has 33 heavy (non-hydrogen) atoms. The lowest BCUT2D eigenvalue weighted by Crippen LogP contribution is -2.33. The molecule has 1 aromatic heterocycles. The van der Waals surface area contributed by atoms with Crippen LogP contribution >= 0.6 is 0 Å². The highest BCUT2D eigenvalue weighted by Crippen LogP contribution is 2.23. The van der Waals surface area contributed by atoms with Crippen LogP contribution in [0.3, 0.4) is 0 Å². The average Bonchev–Trinajstić information content (AvgIpc) is 3.13. The van der Waals surface area contributed by atoms with Crippen molar-refractivity contribution in [2.45, 2.75) is 6.92 Å². The van der Waals surface area contributed by atoms with Crippen LogP contribution in [0.4, 0.5) is 10.1 Å². The zero-order chi connectivity index (χ0) is 23.5. The number of benzene rings is 3. The Balaban J connectivity index is 1.55. The van der Waals surface area contributed by atoms with Crippen LogP contribution < -0.4 is 16.4 Å². The van der Waals surface area contributed by atoms with Crippen LogP contribution in [0.1, 0.15) is 26.5 Å². The maximum absolute atomic E-state index is 13.3. The first-order valence-electron chi connectivity index (χ1n) is 10.0. The lowest BCUT2D eigenvalue weighted by atomic mass is 10.1. The average molecular weight is 445 g/mol. The number of anilines is 1. The molecule has 166 valence electrons. The molecule has 3 amide bonds. The van der Waals surface area contributed by atoms with Crippen LogP contribution in [0.2, 0.25) is 0 Å². The normalized spacial score (nSPS) is 10.7. The smallest absolute Gasteiger partial charge is 0.255 e. The van der Waals surface area contributed by atoms with Crippen molar-refractivity contribution in [3.63, 3.8) is 0 Å². The largest absolute Gasteiger partial charge is 0.368 e. The van der Waals surface area contributed by atoms with Crippen molar-refractivity contribution in [3.05, 3.63) is 89.5 Å². The van der Waals surface area contributed by atoms with Gasteiger partial charge in [-0.1, -0.05) is 0 Å². The van der Waals surface area contributed by atoms with Crippen LogP contribution in [0.15, 0.2) is 66.7 Å². The van der Waals surface area contributed by atoms with Crippen LogP contribution in [0.25, 0.3) is 16.7 Å². The molecule has 8 nitrogen and oxygen atoms in total. The Morgan fingerprint density at radius 1 is 0.939 bits per heavy atom. The van der Waals surface area contributed by atoms with Crippen LogP contribution in [0, 0.1) is 12.7 Å². The fourth-order valence-electron chi connectivity index (χ4n) is 3.43. The molecular formula is C24H20FN5O3. The molecule has 3 aromatic carbocycles. The highest BCUT2D eigenvalue weighted by Gasteiger charge is 2.14. The molecule has 0 saturated heterocycles. The van der Waals surface area contributed by atoms with Gasteiger partial charge in [-0.05, 0) is 73.7 Å². The summed E-state index contributed by atoms with van der Waals surface area (Å²) in [5.41, 5.74) is 8.41. The van der Waals surface area contributed by atoms with Crippen molar-refractivity contribution in [1.82, 2.24) is 14.9 Å². The van der Waals surface area contributed by atoms with Crippen molar-refractivity contribution in [1.29, 1.82) is 0 Å². The lowest BCUT2D eigenvalue weighted by Gasteiger charge is -2.09. The van der Waals surface area contributed by atoms with Gasteiger partial charge in [0, 0.05) is 22.5 Å². The summed E-state index contributed by atoms with van der Waals surface area (Å²) in [7, 11) is 0. The fraction of sp³-hybridized carbons (Fsp3) is 0.0833. The SMILES string of the molecule is Cc1nc2ccc(C(=O)Nc3ccc(C(=O)NCC(N)=O)cc3)cc2n1-c1ccc(F)cc1. The number of carbonyl (C=O) groups excluding carboxylic acids is 3. The van der Waals surface area contributed by atoms with Crippen molar-refractivity contribution >= 4 is 34.4 Å². The van der Waals surface area contributed by atoms with Gasteiger partial charge in [-0.3, -0.25) is 19.0 Å². The van der Waals surface area contributed by atoms with Gasteiger partial charge < -0.3 is 16.4 Å². The number of hydrogen-bond acceptors (Lipinski definition) is 4. The minimum absolute atomic E-state index is 0.256. The molecule has 4 aromatic rings. The van der Waals surface area contributed by atoms with E-state index in [-0.39, 0.29) is 18.3 Å². The van der Waals surface area contributed by atoms with Gasteiger partial charge in [0.05, 0.1) is 17.6 Å². The number of aromatic nitrogens is 2. The highest BCUT2D eigenvalue weighted by molar-refractivity contribution is 6.06. The molecule has 0 aliphatic rings. The standard InChI is InChI=1S/C24H20FN5O3/c1-14-28-20-11-4-16(12-21(20)30(14)19-9-5-17(25)6-10-19)24(33)29-18-7-2-15(3-8-18)23(32)27-13-22(26)31/h2-12H,13H2,1H3,(H2,26,31)(H,27,32)(H,29,33). The van der Waals surface area contributed by atoms with E-state index in [1.807, 2.05) is 11.5 Å². The number of carbonyl (C=O) groups is 3. The third kappa shape index (κ3) is 4.72. The number of nitrogens with one attached hydrogen (secondary N) is 2. The Morgan fingerprint density at radius 3 is 2.27 bits per heavy atom. The lowest BCUT2D eigenvalue weighted by molar-refractivity contribution is -0.117. The van der Waals surface area contributed by atoms with Crippen molar-refractivity contribution < 1.29 is 18.8 Å². The number of fused-ring (bicyclic) bond motifs is 1. The van der Waals surface area contributed by atoms with E-state index in [4.69, 9.17) is 5.73 Å². The number of aryl methyl sites for hydroxylation is 1. The van der Waals surface area contributed by atoms with Gasteiger partial charge in [0.2, 0.25) is 5.91 Å². The summed E-state index contributed by atoms with van der Waals surface area (Å²) in [4.78, 5) is 40.1. The fourth-order valence-corrected chi connectivity index (χ4v) is 3.43. The summed E-state index contributed by atoms with van der Waals surface area (Å²) in [5.74, 6) is -1.05. The predicted molar refractivity (Wildman–Crippen MR) is 122 cm³/mol. The van der Waals surface area contributed by atoms with E-state index in [1.165, 1.54) is 24.3 Å². The van der Waals surface area contributed by atoms with Gasteiger partial charge in [0.15, 0.2) is 0 Å². The number of nitrogens with zero attached hydrogens (tertiary/aromatic N) is 2. The molecule has 0 bridgehead atoms. The summed E-state index contributed by atoms with van der Waals surface area (Å²) in [6.45, 7) is 1.58. The van der Waals surface area contributed by atoms with Crippen molar-refractivity contribution in [2.75, 3.05) is 11.9 Å². The van der Waals surface area contributed by atoms with Gasteiger partial charge in [0.1, 0.15) is 11.6 Å². The molecule has 4 rings (SSSR count). The molecular weight excluding hydrogens is 425 g/mol.